The second-order valence-electron chi connectivity index (χ2n) is 5.30. The van der Waals surface area contributed by atoms with E-state index in [4.69, 9.17) is 4.74 Å². The lowest BCUT2D eigenvalue weighted by Crippen LogP contribution is -2.33. The summed E-state index contributed by atoms with van der Waals surface area (Å²) in [7, 11) is 0. The van der Waals surface area contributed by atoms with Crippen molar-refractivity contribution in [3.63, 3.8) is 0 Å². The first kappa shape index (κ1) is 17.3. The van der Waals surface area contributed by atoms with Gasteiger partial charge in [-0.3, -0.25) is 14.4 Å². The van der Waals surface area contributed by atoms with E-state index in [1.165, 1.54) is 0 Å². The number of fused-ring (bicyclic) bond motifs is 1. The predicted octanol–water partition coefficient (Wildman–Crippen LogP) is 2.57. The summed E-state index contributed by atoms with van der Waals surface area (Å²) >= 11 is 1.04. The Labute approximate surface area is 139 Å². The summed E-state index contributed by atoms with van der Waals surface area (Å²) in [4.78, 5) is 37.2. The molecule has 0 saturated heterocycles. The van der Waals surface area contributed by atoms with Gasteiger partial charge in [-0.1, -0.05) is 24.3 Å². The van der Waals surface area contributed by atoms with Crippen molar-refractivity contribution >= 4 is 29.3 Å². The molecule has 0 aliphatic heterocycles. The minimum atomic E-state index is -0.409. The molecule has 0 unspecified atom stereocenters. The van der Waals surface area contributed by atoms with Crippen LogP contribution in [0.15, 0.2) is 34.9 Å². The molecule has 0 fully saturated rings. The van der Waals surface area contributed by atoms with Gasteiger partial charge in [0.05, 0.1) is 17.3 Å². The number of thioether (sulfide) groups is 1. The second-order valence-corrected chi connectivity index (χ2v) is 6.29. The predicted molar refractivity (Wildman–Crippen MR) is 89.5 cm³/mol. The number of nitrogens with one attached hydrogen (secondary N) is 1. The SMILES string of the molecule is CCOC(=O)CSC1=C(NC(C)C)C(=O)c2ccccc2C1=O. The normalized spacial score (nSPS) is 14.1. The highest BCUT2D eigenvalue weighted by Gasteiger charge is 2.33. The van der Waals surface area contributed by atoms with E-state index in [-0.39, 0.29) is 40.6 Å². The van der Waals surface area contributed by atoms with E-state index in [9.17, 15) is 14.4 Å². The topological polar surface area (TPSA) is 72.5 Å². The molecule has 1 aliphatic rings. The molecule has 122 valence electrons. The summed E-state index contributed by atoms with van der Waals surface area (Å²) in [6, 6.07) is 6.72. The van der Waals surface area contributed by atoms with Gasteiger partial charge in [-0.25, -0.2) is 0 Å². The van der Waals surface area contributed by atoms with Crippen LogP contribution in [0.5, 0.6) is 0 Å². The summed E-state index contributed by atoms with van der Waals surface area (Å²) in [6.45, 7) is 5.78. The van der Waals surface area contributed by atoms with Crippen LogP contribution in [0.4, 0.5) is 0 Å². The quantitative estimate of drug-likeness (QED) is 0.807. The molecule has 6 heteroatoms. The molecule has 0 amide bonds. The Balaban J connectivity index is 2.37. The largest absolute Gasteiger partial charge is 0.465 e. The van der Waals surface area contributed by atoms with Crippen LogP contribution in [0.1, 0.15) is 41.5 Å². The summed E-state index contributed by atoms with van der Waals surface area (Å²) in [5, 5.41) is 3.04. The molecule has 0 spiro atoms. The molecule has 5 nitrogen and oxygen atoms in total. The molecule has 23 heavy (non-hydrogen) atoms. The van der Waals surface area contributed by atoms with Crippen molar-refractivity contribution in [1.29, 1.82) is 0 Å². The average Bonchev–Trinajstić information content (AvgIpc) is 2.52. The fourth-order valence-electron chi connectivity index (χ4n) is 2.24. The number of rotatable bonds is 6. The van der Waals surface area contributed by atoms with Crippen molar-refractivity contribution in [1.82, 2.24) is 5.32 Å². The van der Waals surface area contributed by atoms with Crippen LogP contribution in [0, 0.1) is 0 Å². The van der Waals surface area contributed by atoms with Gasteiger partial charge in [-0.15, -0.1) is 11.8 Å². The molecule has 2 rings (SSSR count). The Morgan fingerprint density at radius 2 is 1.78 bits per heavy atom. The summed E-state index contributed by atoms with van der Waals surface area (Å²) in [6.07, 6.45) is 0. The molecular weight excluding hydrogens is 314 g/mol. The van der Waals surface area contributed by atoms with Gasteiger partial charge in [-0.05, 0) is 20.8 Å². The van der Waals surface area contributed by atoms with Crippen molar-refractivity contribution in [3.05, 3.63) is 46.0 Å². The molecule has 0 radical (unpaired) electrons. The molecule has 0 bridgehead atoms. The fraction of sp³-hybridized carbons (Fsp3) is 0.353. The fourth-order valence-corrected chi connectivity index (χ4v) is 3.13. The lowest BCUT2D eigenvalue weighted by Gasteiger charge is -2.23. The maximum absolute atomic E-state index is 12.7. The first-order valence-electron chi connectivity index (χ1n) is 7.43. The van der Waals surface area contributed by atoms with Crippen LogP contribution in [0.3, 0.4) is 0 Å². The first-order valence-corrected chi connectivity index (χ1v) is 8.41. The van der Waals surface area contributed by atoms with Gasteiger partial charge >= 0.3 is 5.97 Å². The number of ether oxygens (including phenoxy) is 1. The number of carbonyl (C=O) groups is 3. The molecule has 1 aromatic rings. The number of esters is 1. The molecule has 0 heterocycles. The van der Waals surface area contributed by atoms with E-state index in [1.807, 2.05) is 13.8 Å². The van der Waals surface area contributed by atoms with Crippen LogP contribution in [0.2, 0.25) is 0 Å². The number of hydrogen-bond acceptors (Lipinski definition) is 6. The number of Topliss-reactive ketones (excluding diaryl/α,β-unsaturated/α-hetero) is 2. The maximum Gasteiger partial charge on any atom is 0.316 e. The molecule has 0 aromatic heterocycles. The van der Waals surface area contributed by atoms with Crippen molar-refractivity contribution in [3.8, 4) is 0 Å². The third-order valence-corrected chi connectivity index (χ3v) is 4.21. The van der Waals surface area contributed by atoms with E-state index < -0.39 is 5.97 Å². The lowest BCUT2D eigenvalue weighted by atomic mass is 9.92. The summed E-state index contributed by atoms with van der Waals surface area (Å²) < 4.78 is 4.88. The van der Waals surface area contributed by atoms with Gasteiger partial charge in [-0.2, -0.15) is 0 Å². The van der Waals surface area contributed by atoms with Gasteiger partial charge in [0.2, 0.25) is 11.6 Å². The maximum atomic E-state index is 12.7. The van der Waals surface area contributed by atoms with Crippen molar-refractivity contribution in [2.24, 2.45) is 0 Å². The Kier molecular flexibility index (Phi) is 5.60. The number of hydrogen-bond donors (Lipinski definition) is 1. The number of carbonyl (C=O) groups excluding carboxylic acids is 3. The van der Waals surface area contributed by atoms with E-state index in [0.29, 0.717) is 11.1 Å². The average molecular weight is 333 g/mol. The zero-order chi connectivity index (χ0) is 17.0. The smallest absolute Gasteiger partial charge is 0.316 e. The van der Waals surface area contributed by atoms with Crippen LogP contribution in [0.25, 0.3) is 0 Å². The standard InChI is InChI=1S/C17H19NO4S/c1-4-22-13(19)9-23-17-14(18-10(2)3)15(20)11-7-5-6-8-12(11)16(17)21/h5-8,10,18H,4,9H2,1-3H3. The van der Waals surface area contributed by atoms with Crippen LogP contribution in [-0.2, 0) is 9.53 Å². The highest BCUT2D eigenvalue weighted by atomic mass is 32.2. The van der Waals surface area contributed by atoms with Crippen LogP contribution >= 0.6 is 11.8 Å². The Morgan fingerprint density at radius 3 is 2.35 bits per heavy atom. The van der Waals surface area contributed by atoms with Gasteiger partial charge in [0.15, 0.2) is 0 Å². The van der Waals surface area contributed by atoms with Gasteiger partial charge in [0, 0.05) is 17.2 Å². The zero-order valence-electron chi connectivity index (χ0n) is 13.3. The second kappa shape index (κ2) is 7.46. The molecule has 0 atom stereocenters. The summed E-state index contributed by atoms with van der Waals surface area (Å²) in [5.74, 6) is -0.876. The third-order valence-electron chi connectivity index (χ3n) is 3.15. The number of ketones is 2. The Hall–Kier alpha value is -2.08. The Bertz CT molecular complexity index is 679. The molecule has 1 aromatic carbocycles. The van der Waals surface area contributed by atoms with Gasteiger partial charge in [0.1, 0.15) is 5.70 Å². The van der Waals surface area contributed by atoms with Gasteiger partial charge < -0.3 is 10.1 Å². The minimum Gasteiger partial charge on any atom is -0.465 e. The van der Waals surface area contributed by atoms with E-state index in [2.05, 4.69) is 5.32 Å². The molecule has 1 aliphatic carbocycles. The zero-order valence-corrected chi connectivity index (χ0v) is 14.2. The van der Waals surface area contributed by atoms with E-state index in [1.54, 1.807) is 31.2 Å². The van der Waals surface area contributed by atoms with E-state index >= 15 is 0 Å². The first-order chi connectivity index (χ1) is 11.0. The number of allylic oxidation sites excluding steroid dienone is 2. The van der Waals surface area contributed by atoms with Crippen LogP contribution in [-0.4, -0.2) is 35.9 Å². The van der Waals surface area contributed by atoms with Crippen molar-refractivity contribution in [2.45, 2.75) is 26.8 Å². The number of benzene rings is 1. The van der Waals surface area contributed by atoms with E-state index in [0.717, 1.165) is 11.8 Å². The van der Waals surface area contributed by atoms with Crippen molar-refractivity contribution in [2.75, 3.05) is 12.4 Å². The van der Waals surface area contributed by atoms with Crippen LogP contribution < -0.4 is 5.32 Å². The highest BCUT2D eigenvalue weighted by Crippen LogP contribution is 2.32. The lowest BCUT2D eigenvalue weighted by molar-refractivity contribution is -0.139. The summed E-state index contributed by atoms with van der Waals surface area (Å²) in [5.41, 5.74) is 1.03. The molecular formula is C17H19NO4S. The van der Waals surface area contributed by atoms with Crippen molar-refractivity contribution < 1.29 is 19.1 Å². The highest BCUT2D eigenvalue weighted by molar-refractivity contribution is 8.04. The Morgan fingerprint density at radius 1 is 1.17 bits per heavy atom. The van der Waals surface area contributed by atoms with Gasteiger partial charge in [0.25, 0.3) is 0 Å². The minimum absolute atomic E-state index is 0.00631. The monoisotopic (exact) mass is 333 g/mol. The molecule has 1 N–H and O–H groups in total. The third kappa shape index (κ3) is 3.82. The molecule has 0 saturated carbocycles.